The number of hydrogen-bond acceptors (Lipinski definition) is 5. The van der Waals surface area contributed by atoms with E-state index in [9.17, 15) is 18.9 Å². The minimum Gasteiger partial charge on any atom is -0.395 e. The third-order valence-electron chi connectivity index (χ3n) is 3.14. The van der Waals surface area contributed by atoms with Crippen molar-refractivity contribution in [3.05, 3.63) is 56.5 Å². The molecule has 0 bridgehead atoms. The average Bonchev–Trinajstić information content (AvgIpc) is 2.80. The Bertz CT molecular complexity index is 785. The predicted molar refractivity (Wildman–Crippen MR) is 80.8 cm³/mol. The van der Waals surface area contributed by atoms with E-state index >= 15 is 0 Å². The standard InChI is InChI=1S/C14H9BrF2N2O4/c15-9-4-5-10(11(6-9)19(20)21)18-7-8-2-1-3-12-13(8)23-14(16,17)22-12/h1-6,18H,7H2. The van der Waals surface area contributed by atoms with E-state index in [-0.39, 0.29) is 29.4 Å². The number of ether oxygens (including phenoxy) is 2. The molecule has 2 aromatic carbocycles. The Morgan fingerprint density at radius 1 is 1.26 bits per heavy atom. The van der Waals surface area contributed by atoms with E-state index in [1.165, 1.54) is 24.3 Å². The van der Waals surface area contributed by atoms with Gasteiger partial charge in [-0.1, -0.05) is 28.1 Å². The fourth-order valence-corrected chi connectivity index (χ4v) is 2.51. The zero-order valence-electron chi connectivity index (χ0n) is 11.4. The molecule has 9 heteroatoms. The van der Waals surface area contributed by atoms with Gasteiger partial charge in [0.1, 0.15) is 5.69 Å². The summed E-state index contributed by atoms with van der Waals surface area (Å²) in [5.41, 5.74) is 0.535. The van der Waals surface area contributed by atoms with Gasteiger partial charge in [-0.2, -0.15) is 0 Å². The number of nitro groups is 1. The molecule has 23 heavy (non-hydrogen) atoms. The molecule has 1 N–H and O–H groups in total. The first-order valence-electron chi connectivity index (χ1n) is 6.41. The number of anilines is 1. The summed E-state index contributed by atoms with van der Waals surface area (Å²) in [5.74, 6) is -0.149. The predicted octanol–water partition coefficient (Wildman–Crippen LogP) is 4.29. The summed E-state index contributed by atoms with van der Waals surface area (Å²) in [7, 11) is 0. The average molecular weight is 387 g/mol. The van der Waals surface area contributed by atoms with E-state index in [0.29, 0.717) is 10.0 Å². The highest BCUT2D eigenvalue weighted by atomic mass is 79.9. The van der Waals surface area contributed by atoms with Gasteiger partial charge in [0, 0.05) is 22.6 Å². The maximum atomic E-state index is 13.1. The number of para-hydroxylation sites is 1. The summed E-state index contributed by atoms with van der Waals surface area (Å²) in [4.78, 5) is 10.5. The lowest BCUT2D eigenvalue weighted by atomic mass is 10.1. The maximum Gasteiger partial charge on any atom is 0.586 e. The molecule has 6 nitrogen and oxygen atoms in total. The number of nitrogens with one attached hydrogen (secondary N) is 1. The van der Waals surface area contributed by atoms with Crippen LogP contribution in [0, 0.1) is 10.1 Å². The third-order valence-corrected chi connectivity index (χ3v) is 3.63. The Kier molecular flexibility index (Phi) is 3.80. The lowest BCUT2D eigenvalue weighted by Gasteiger charge is -2.10. The quantitative estimate of drug-likeness (QED) is 0.626. The Labute approximate surface area is 137 Å². The highest BCUT2D eigenvalue weighted by molar-refractivity contribution is 9.10. The van der Waals surface area contributed by atoms with Crippen LogP contribution in [0.5, 0.6) is 11.5 Å². The first-order valence-corrected chi connectivity index (χ1v) is 7.20. The summed E-state index contributed by atoms with van der Waals surface area (Å²) < 4.78 is 35.7. The molecule has 0 aliphatic carbocycles. The second-order valence-corrected chi connectivity index (χ2v) is 5.60. The lowest BCUT2D eigenvalue weighted by Crippen LogP contribution is -2.26. The number of benzene rings is 2. The number of alkyl halides is 2. The molecule has 0 amide bonds. The molecule has 1 aliphatic rings. The van der Waals surface area contributed by atoms with Crippen molar-refractivity contribution in [3.63, 3.8) is 0 Å². The van der Waals surface area contributed by atoms with Crippen molar-refractivity contribution >= 4 is 27.3 Å². The number of nitrogens with zero attached hydrogens (tertiary/aromatic N) is 1. The van der Waals surface area contributed by atoms with E-state index in [0.717, 1.165) is 0 Å². The molecule has 0 aromatic heterocycles. The molecule has 0 spiro atoms. The molecule has 120 valence electrons. The number of fused-ring (bicyclic) bond motifs is 1. The molecule has 0 fully saturated rings. The van der Waals surface area contributed by atoms with Crippen LogP contribution in [0.25, 0.3) is 0 Å². The molecular formula is C14H9BrF2N2O4. The van der Waals surface area contributed by atoms with E-state index in [1.807, 2.05) is 0 Å². The van der Waals surface area contributed by atoms with Gasteiger partial charge in [0.15, 0.2) is 11.5 Å². The van der Waals surface area contributed by atoms with Crippen molar-refractivity contribution in [1.82, 2.24) is 0 Å². The summed E-state index contributed by atoms with van der Waals surface area (Å²) >= 11 is 3.16. The molecule has 0 unspecified atom stereocenters. The second kappa shape index (κ2) is 5.65. The zero-order chi connectivity index (χ0) is 16.6. The van der Waals surface area contributed by atoms with Gasteiger partial charge in [-0.25, -0.2) is 0 Å². The first kappa shape index (κ1) is 15.5. The maximum absolute atomic E-state index is 13.1. The largest absolute Gasteiger partial charge is 0.586 e. The van der Waals surface area contributed by atoms with Crippen molar-refractivity contribution < 1.29 is 23.2 Å². The smallest absolute Gasteiger partial charge is 0.395 e. The van der Waals surface area contributed by atoms with Crippen molar-refractivity contribution in [2.24, 2.45) is 0 Å². The van der Waals surface area contributed by atoms with Crippen LogP contribution < -0.4 is 14.8 Å². The van der Waals surface area contributed by atoms with Crippen LogP contribution in [0.3, 0.4) is 0 Å². The zero-order valence-corrected chi connectivity index (χ0v) is 13.0. The highest BCUT2D eigenvalue weighted by Crippen LogP contribution is 2.43. The van der Waals surface area contributed by atoms with Gasteiger partial charge in [0.25, 0.3) is 5.69 Å². The number of hydrogen-bond donors (Lipinski definition) is 1. The summed E-state index contributed by atoms with van der Waals surface area (Å²) in [6, 6.07) is 8.99. The van der Waals surface area contributed by atoms with E-state index < -0.39 is 11.2 Å². The SMILES string of the molecule is O=[N+]([O-])c1cc(Br)ccc1NCc1cccc2c1OC(F)(F)O2. The van der Waals surface area contributed by atoms with Crippen LogP contribution in [-0.4, -0.2) is 11.2 Å². The van der Waals surface area contributed by atoms with Crippen LogP contribution >= 0.6 is 15.9 Å². The van der Waals surface area contributed by atoms with E-state index in [4.69, 9.17) is 0 Å². The second-order valence-electron chi connectivity index (χ2n) is 4.68. The fraction of sp³-hybridized carbons (Fsp3) is 0.143. The number of nitro benzene ring substituents is 1. The lowest BCUT2D eigenvalue weighted by molar-refractivity contribution is -0.384. The molecule has 0 saturated carbocycles. The fourth-order valence-electron chi connectivity index (χ4n) is 2.16. The molecule has 3 rings (SSSR count). The molecule has 0 saturated heterocycles. The summed E-state index contributed by atoms with van der Waals surface area (Å²) in [6.07, 6.45) is -3.71. The van der Waals surface area contributed by atoms with Crippen LogP contribution in [0.15, 0.2) is 40.9 Å². The monoisotopic (exact) mass is 386 g/mol. The van der Waals surface area contributed by atoms with Gasteiger partial charge < -0.3 is 14.8 Å². The van der Waals surface area contributed by atoms with Crippen LogP contribution in [-0.2, 0) is 6.54 Å². The Hall–Kier alpha value is -2.42. The number of rotatable bonds is 4. The Balaban J connectivity index is 1.84. The molecule has 0 atom stereocenters. The van der Waals surface area contributed by atoms with Gasteiger partial charge in [-0.3, -0.25) is 10.1 Å². The normalized spacial score (nSPS) is 14.6. The van der Waals surface area contributed by atoms with Gasteiger partial charge in [-0.05, 0) is 18.2 Å². The molecule has 2 aromatic rings. The highest BCUT2D eigenvalue weighted by Gasteiger charge is 2.44. The van der Waals surface area contributed by atoms with E-state index in [1.54, 1.807) is 12.1 Å². The van der Waals surface area contributed by atoms with Crippen LogP contribution in [0.4, 0.5) is 20.2 Å². The van der Waals surface area contributed by atoms with Crippen molar-refractivity contribution in [2.75, 3.05) is 5.32 Å². The number of halogens is 3. The van der Waals surface area contributed by atoms with Gasteiger partial charge in [-0.15, -0.1) is 8.78 Å². The molecule has 0 radical (unpaired) electrons. The topological polar surface area (TPSA) is 73.6 Å². The molecule has 1 heterocycles. The van der Waals surface area contributed by atoms with Crippen LogP contribution in [0.2, 0.25) is 0 Å². The van der Waals surface area contributed by atoms with Crippen molar-refractivity contribution in [3.8, 4) is 11.5 Å². The van der Waals surface area contributed by atoms with Gasteiger partial charge in [0.2, 0.25) is 0 Å². The minimum absolute atomic E-state index is 0.0606. The Morgan fingerprint density at radius 2 is 2.04 bits per heavy atom. The van der Waals surface area contributed by atoms with E-state index in [2.05, 4.69) is 30.7 Å². The molecular weight excluding hydrogens is 378 g/mol. The minimum atomic E-state index is -3.71. The summed E-state index contributed by atoms with van der Waals surface area (Å²) in [5, 5.41) is 13.9. The summed E-state index contributed by atoms with van der Waals surface area (Å²) in [6.45, 7) is 0.0606. The Morgan fingerprint density at radius 3 is 2.78 bits per heavy atom. The molecule has 1 aliphatic heterocycles. The first-order chi connectivity index (χ1) is 10.9. The van der Waals surface area contributed by atoms with Gasteiger partial charge >= 0.3 is 6.29 Å². The van der Waals surface area contributed by atoms with Gasteiger partial charge in [0.05, 0.1) is 4.92 Å². The third kappa shape index (κ3) is 3.19. The van der Waals surface area contributed by atoms with Crippen molar-refractivity contribution in [2.45, 2.75) is 12.8 Å². The van der Waals surface area contributed by atoms with Crippen LogP contribution in [0.1, 0.15) is 5.56 Å². The van der Waals surface area contributed by atoms with Crippen molar-refractivity contribution in [1.29, 1.82) is 0 Å².